The number of hydrogen-bond donors (Lipinski definition) is 3. The lowest BCUT2D eigenvalue weighted by Gasteiger charge is -2.15. The molecule has 0 bridgehead atoms. The van der Waals surface area contributed by atoms with Crippen LogP contribution in [0.4, 0.5) is 0 Å². The maximum absolute atomic E-state index is 12.4. The molecule has 3 unspecified atom stereocenters. The van der Waals surface area contributed by atoms with Crippen LogP contribution in [0.15, 0.2) is 18.2 Å². The zero-order valence-electron chi connectivity index (χ0n) is 16.8. The molecular formula is C22H31N3O3. The Labute approximate surface area is 167 Å². The fraction of sp³-hybridized carbons (Fsp3) is 0.636. The Morgan fingerprint density at radius 3 is 2.79 bits per heavy atom. The Hall–Kier alpha value is -2.10. The van der Waals surface area contributed by atoms with Crippen molar-refractivity contribution >= 4 is 5.91 Å². The zero-order chi connectivity index (χ0) is 20.1. The Bertz CT molecular complexity index is 718. The number of nitrogens with zero attached hydrogens (tertiary/aromatic N) is 1. The molecule has 28 heavy (non-hydrogen) atoms. The Morgan fingerprint density at radius 2 is 2.11 bits per heavy atom. The summed E-state index contributed by atoms with van der Waals surface area (Å²) in [6, 6.07) is 7.21. The van der Waals surface area contributed by atoms with E-state index in [4.69, 9.17) is 4.74 Å². The van der Waals surface area contributed by atoms with Crippen LogP contribution in [0, 0.1) is 29.1 Å². The first kappa shape index (κ1) is 20.6. The van der Waals surface area contributed by atoms with Crippen molar-refractivity contribution in [1.82, 2.24) is 10.6 Å². The second-order valence-electron chi connectivity index (χ2n) is 8.31. The van der Waals surface area contributed by atoms with Gasteiger partial charge in [-0.3, -0.25) is 4.79 Å². The molecule has 0 saturated heterocycles. The highest BCUT2D eigenvalue weighted by molar-refractivity contribution is 5.96. The van der Waals surface area contributed by atoms with E-state index in [-0.39, 0.29) is 24.1 Å². The van der Waals surface area contributed by atoms with Crippen molar-refractivity contribution in [3.63, 3.8) is 0 Å². The van der Waals surface area contributed by atoms with Gasteiger partial charge < -0.3 is 20.5 Å². The lowest BCUT2D eigenvalue weighted by molar-refractivity contribution is 0.0950. The first-order valence-corrected chi connectivity index (χ1v) is 10.4. The van der Waals surface area contributed by atoms with Crippen molar-refractivity contribution in [2.24, 2.45) is 17.8 Å². The quantitative estimate of drug-likeness (QED) is 0.575. The van der Waals surface area contributed by atoms with Gasteiger partial charge in [-0.2, -0.15) is 5.26 Å². The number of fused-ring (bicyclic) bond motifs is 1. The summed E-state index contributed by atoms with van der Waals surface area (Å²) in [5, 5.41) is 25.4. The largest absolute Gasteiger partial charge is 0.491 e. The minimum absolute atomic E-state index is 0.125. The molecule has 2 aliphatic rings. The van der Waals surface area contributed by atoms with E-state index in [9.17, 15) is 15.2 Å². The monoisotopic (exact) mass is 385 g/mol. The molecule has 3 N–H and O–H groups in total. The standard InChI is InChI=1S/C22H31N3O3/c1-14(2)25-12-16(26)13-28-17-6-7-18(15(10-17)11-23)22(27)24-9-8-21-19-4-3-5-20(19)21/h6-7,10,14,16,19-21,25-26H,3-5,8-9,12-13H2,1-2H3,(H,24,27). The molecule has 3 atom stereocenters. The van der Waals surface area contributed by atoms with Crippen molar-refractivity contribution in [2.45, 2.75) is 51.7 Å². The molecule has 0 aromatic heterocycles. The molecule has 1 aromatic rings. The molecule has 6 heteroatoms. The molecule has 0 radical (unpaired) electrons. The summed E-state index contributed by atoms with van der Waals surface area (Å²) in [5.41, 5.74) is 0.654. The molecule has 0 heterocycles. The molecule has 3 rings (SSSR count). The van der Waals surface area contributed by atoms with E-state index >= 15 is 0 Å². The second-order valence-corrected chi connectivity index (χ2v) is 8.31. The smallest absolute Gasteiger partial charge is 0.252 e. The van der Waals surface area contributed by atoms with Gasteiger partial charge in [-0.15, -0.1) is 0 Å². The summed E-state index contributed by atoms with van der Waals surface area (Å²) < 4.78 is 5.57. The molecule has 1 aromatic carbocycles. The average molecular weight is 386 g/mol. The third kappa shape index (κ3) is 5.24. The molecule has 0 spiro atoms. The van der Waals surface area contributed by atoms with Gasteiger partial charge in [0.2, 0.25) is 0 Å². The zero-order valence-corrected chi connectivity index (χ0v) is 16.8. The number of nitriles is 1. The minimum atomic E-state index is -0.641. The average Bonchev–Trinajstić information content (AvgIpc) is 3.11. The normalized spacial score (nSPS) is 23.8. The van der Waals surface area contributed by atoms with Crippen LogP contribution in [0.3, 0.4) is 0 Å². The molecule has 152 valence electrons. The molecular weight excluding hydrogens is 354 g/mol. The van der Waals surface area contributed by atoms with Crippen molar-refractivity contribution in [3.8, 4) is 11.8 Å². The van der Waals surface area contributed by atoms with Crippen LogP contribution in [0.5, 0.6) is 5.75 Å². The fourth-order valence-electron chi connectivity index (χ4n) is 4.37. The first-order chi connectivity index (χ1) is 13.5. The van der Waals surface area contributed by atoms with E-state index in [1.54, 1.807) is 18.2 Å². The van der Waals surface area contributed by atoms with Crippen molar-refractivity contribution in [1.29, 1.82) is 5.26 Å². The lowest BCUT2D eigenvalue weighted by Crippen LogP contribution is -2.35. The number of benzene rings is 1. The topological polar surface area (TPSA) is 94.4 Å². The second kappa shape index (κ2) is 9.40. The van der Waals surface area contributed by atoms with Gasteiger partial charge in [0.05, 0.1) is 11.1 Å². The van der Waals surface area contributed by atoms with Crippen LogP contribution in [0.1, 0.15) is 55.5 Å². The third-order valence-corrected chi connectivity index (χ3v) is 5.91. The van der Waals surface area contributed by atoms with Crippen molar-refractivity contribution in [3.05, 3.63) is 29.3 Å². The number of aliphatic hydroxyl groups excluding tert-OH is 1. The third-order valence-electron chi connectivity index (χ3n) is 5.91. The van der Waals surface area contributed by atoms with E-state index in [0.717, 1.165) is 24.2 Å². The van der Waals surface area contributed by atoms with Gasteiger partial charge in [0.15, 0.2) is 0 Å². The number of carbonyl (C=O) groups is 1. The number of carbonyl (C=O) groups excluding carboxylic acids is 1. The molecule has 6 nitrogen and oxygen atoms in total. The maximum Gasteiger partial charge on any atom is 0.252 e. The fourth-order valence-corrected chi connectivity index (χ4v) is 4.37. The van der Waals surface area contributed by atoms with Gasteiger partial charge in [0.25, 0.3) is 5.91 Å². The molecule has 2 fully saturated rings. The number of hydrogen-bond acceptors (Lipinski definition) is 5. The molecule has 2 aliphatic carbocycles. The summed E-state index contributed by atoms with van der Waals surface area (Å²) in [7, 11) is 0. The van der Waals surface area contributed by atoms with E-state index < -0.39 is 6.10 Å². The van der Waals surface area contributed by atoms with E-state index in [2.05, 4.69) is 16.7 Å². The van der Waals surface area contributed by atoms with Gasteiger partial charge in [0, 0.05) is 19.1 Å². The summed E-state index contributed by atoms with van der Waals surface area (Å²) >= 11 is 0. The molecule has 2 saturated carbocycles. The Balaban J connectivity index is 1.46. The van der Waals surface area contributed by atoms with Crippen LogP contribution < -0.4 is 15.4 Å². The summed E-state index contributed by atoms with van der Waals surface area (Å²) in [6.07, 6.45) is 4.46. The van der Waals surface area contributed by atoms with Gasteiger partial charge in [0.1, 0.15) is 24.5 Å². The number of amides is 1. The minimum Gasteiger partial charge on any atom is -0.491 e. The van der Waals surface area contributed by atoms with E-state index in [1.807, 2.05) is 13.8 Å². The number of rotatable bonds is 10. The summed E-state index contributed by atoms with van der Waals surface area (Å²) in [6.45, 7) is 5.24. The number of nitrogens with one attached hydrogen (secondary N) is 2. The van der Waals surface area contributed by atoms with Crippen molar-refractivity contribution < 1.29 is 14.6 Å². The van der Waals surface area contributed by atoms with Gasteiger partial charge in [-0.1, -0.05) is 20.3 Å². The highest BCUT2D eigenvalue weighted by Crippen LogP contribution is 2.58. The van der Waals surface area contributed by atoms with Crippen LogP contribution >= 0.6 is 0 Å². The molecule has 0 aliphatic heterocycles. The predicted molar refractivity (Wildman–Crippen MR) is 107 cm³/mol. The molecule has 1 amide bonds. The lowest BCUT2D eigenvalue weighted by atomic mass is 10.1. The van der Waals surface area contributed by atoms with Gasteiger partial charge in [-0.05, 0) is 55.2 Å². The first-order valence-electron chi connectivity index (χ1n) is 10.4. The van der Waals surface area contributed by atoms with Gasteiger partial charge in [-0.25, -0.2) is 0 Å². The Kier molecular flexibility index (Phi) is 6.93. The summed E-state index contributed by atoms with van der Waals surface area (Å²) in [4.78, 5) is 12.4. The Morgan fingerprint density at radius 1 is 1.36 bits per heavy atom. The predicted octanol–water partition coefficient (Wildman–Crippen LogP) is 2.46. The van der Waals surface area contributed by atoms with E-state index in [1.165, 1.54) is 19.3 Å². The maximum atomic E-state index is 12.4. The van der Waals surface area contributed by atoms with Crippen LogP contribution in [-0.4, -0.2) is 42.9 Å². The van der Waals surface area contributed by atoms with Crippen LogP contribution in [0.2, 0.25) is 0 Å². The van der Waals surface area contributed by atoms with Crippen molar-refractivity contribution in [2.75, 3.05) is 19.7 Å². The number of aliphatic hydroxyl groups is 1. The van der Waals surface area contributed by atoms with Crippen LogP contribution in [0.25, 0.3) is 0 Å². The summed E-state index contributed by atoms with van der Waals surface area (Å²) in [5.74, 6) is 2.85. The number of ether oxygens (including phenoxy) is 1. The highest BCUT2D eigenvalue weighted by atomic mass is 16.5. The van der Waals surface area contributed by atoms with Gasteiger partial charge >= 0.3 is 0 Å². The van der Waals surface area contributed by atoms with Crippen LogP contribution in [-0.2, 0) is 0 Å². The SMILES string of the molecule is CC(C)NCC(O)COc1ccc(C(=O)NCCC2C3CCCC32)c(C#N)c1. The highest BCUT2D eigenvalue weighted by Gasteiger charge is 2.51. The van der Waals surface area contributed by atoms with E-state index in [0.29, 0.717) is 24.4 Å².